The maximum atomic E-state index is 13.8. The third kappa shape index (κ3) is 8.07. The molecule has 2 amide bonds. The zero-order chi connectivity index (χ0) is 28.3. The van der Waals surface area contributed by atoms with E-state index in [1.807, 2.05) is 31.2 Å². The number of carbonyl (C=O) groups is 2. The predicted molar refractivity (Wildman–Crippen MR) is 159 cm³/mol. The molecule has 0 radical (unpaired) electrons. The highest BCUT2D eigenvalue weighted by atomic mass is 35.5. The number of amides is 2. The van der Waals surface area contributed by atoms with Crippen LogP contribution in [0.15, 0.2) is 24.3 Å². The number of nitrogens with zero attached hydrogens (tertiary/aromatic N) is 3. The van der Waals surface area contributed by atoms with E-state index in [4.69, 9.17) is 17.3 Å². The van der Waals surface area contributed by atoms with Gasteiger partial charge in [0.1, 0.15) is 10.4 Å². The SMILES string of the molecule is CCCCCCCCC(CCCCCCCC)(C(N)=O)C(=O)Nc1cccc(-c2nc3c(Cl)c(C)[nH]n3n2)c1. The number of H-pyrrole nitrogens is 1. The van der Waals surface area contributed by atoms with Crippen LogP contribution in [0, 0.1) is 12.3 Å². The lowest BCUT2D eigenvalue weighted by Gasteiger charge is -2.30. The molecule has 3 rings (SSSR count). The summed E-state index contributed by atoms with van der Waals surface area (Å²) in [7, 11) is 0. The molecule has 0 fully saturated rings. The van der Waals surface area contributed by atoms with Crippen LogP contribution >= 0.6 is 11.6 Å². The highest BCUT2D eigenvalue weighted by Gasteiger charge is 2.43. The number of aryl methyl sites for hydroxylation is 1. The van der Waals surface area contributed by atoms with Gasteiger partial charge in [-0.15, -0.1) is 5.10 Å². The fraction of sp³-hybridized carbons (Fsp3) is 0.600. The summed E-state index contributed by atoms with van der Waals surface area (Å²) in [5.74, 6) is -0.370. The van der Waals surface area contributed by atoms with Gasteiger partial charge in [0.15, 0.2) is 11.5 Å². The average Bonchev–Trinajstić information content (AvgIpc) is 3.45. The Labute approximate surface area is 237 Å². The van der Waals surface area contributed by atoms with E-state index >= 15 is 0 Å². The molecule has 0 aliphatic carbocycles. The number of nitrogens with one attached hydrogen (secondary N) is 2. The van der Waals surface area contributed by atoms with Crippen molar-refractivity contribution >= 4 is 34.7 Å². The molecule has 0 aliphatic rings. The number of aromatic amines is 1. The lowest BCUT2D eigenvalue weighted by molar-refractivity contribution is -0.139. The molecule has 4 N–H and O–H groups in total. The number of benzene rings is 1. The number of carbonyl (C=O) groups excluding carboxylic acids is 2. The summed E-state index contributed by atoms with van der Waals surface area (Å²) < 4.78 is 1.54. The number of halogens is 1. The molecule has 0 saturated heterocycles. The smallest absolute Gasteiger partial charge is 0.240 e. The van der Waals surface area contributed by atoms with E-state index in [1.165, 1.54) is 43.2 Å². The standard InChI is InChI=1S/C30H45ClN6O2/c1-4-6-8-10-12-14-19-30(28(32)38,20-15-13-11-9-7-5-2)29(39)33-24-18-16-17-23(21-24)26-34-27-25(31)22(3)35-37(27)36-26/h16-18,21,35H,4-15,19-20H2,1-3H3,(H2,32,38)(H,33,39). The van der Waals surface area contributed by atoms with Crippen LogP contribution in [0.3, 0.4) is 0 Å². The average molecular weight is 557 g/mol. The van der Waals surface area contributed by atoms with Gasteiger partial charge in [-0.3, -0.25) is 14.7 Å². The van der Waals surface area contributed by atoms with Crippen LogP contribution in [-0.2, 0) is 9.59 Å². The summed E-state index contributed by atoms with van der Waals surface area (Å²) in [6.45, 7) is 6.24. The van der Waals surface area contributed by atoms with Crippen molar-refractivity contribution in [3.63, 3.8) is 0 Å². The quantitative estimate of drug-likeness (QED) is 0.110. The number of hydrogen-bond donors (Lipinski definition) is 3. The molecule has 0 saturated carbocycles. The van der Waals surface area contributed by atoms with Gasteiger partial charge in [-0.25, -0.2) is 4.98 Å². The third-order valence-electron chi connectivity index (χ3n) is 7.61. The van der Waals surface area contributed by atoms with Gasteiger partial charge in [-0.1, -0.05) is 115 Å². The Kier molecular flexibility index (Phi) is 11.8. The number of nitrogens with two attached hydrogens (primary N) is 1. The van der Waals surface area contributed by atoms with Gasteiger partial charge in [0.2, 0.25) is 11.8 Å². The fourth-order valence-electron chi connectivity index (χ4n) is 5.14. The van der Waals surface area contributed by atoms with Gasteiger partial charge in [0, 0.05) is 11.3 Å². The second-order valence-electron chi connectivity index (χ2n) is 10.7. The molecular formula is C30H45ClN6O2. The number of fused-ring (bicyclic) bond motifs is 1. The Hall–Kier alpha value is -2.87. The summed E-state index contributed by atoms with van der Waals surface area (Å²) in [4.78, 5) is 31.2. The molecule has 0 bridgehead atoms. The van der Waals surface area contributed by atoms with Crippen LogP contribution in [-0.4, -0.2) is 31.6 Å². The second-order valence-corrected chi connectivity index (χ2v) is 11.1. The van der Waals surface area contributed by atoms with Gasteiger partial charge in [0.25, 0.3) is 0 Å². The van der Waals surface area contributed by atoms with Crippen molar-refractivity contribution in [2.75, 3.05) is 5.32 Å². The molecule has 0 atom stereocenters. The highest BCUT2D eigenvalue weighted by Crippen LogP contribution is 2.34. The molecule has 214 valence electrons. The fourth-order valence-corrected chi connectivity index (χ4v) is 5.31. The molecule has 3 aromatic rings. The predicted octanol–water partition coefficient (Wildman–Crippen LogP) is 7.60. The minimum atomic E-state index is -1.22. The van der Waals surface area contributed by atoms with Crippen molar-refractivity contribution in [2.24, 2.45) is 11.1 Å². The lowest BCUT2D eigenvalue weighted by Crippen LogP contribution is -2.47. The monoisotopic (exact) mass is 556 g/mol. The number of aromatic nitrogens is 4. The molecular weight excluding hydrogens is 512 g/mol. The van der Waals surface area contributed by atoms with E-state index in [0.717, 1.165) is 49.8 Å². The van der Waals surface area contributed by atoms with Crippen molar-refractivity contribution in [1.29, 1.82) is 0 Å². The second kappa shape index (κ2) is 15.1. The summed E-state index contributed by atoms with van der Waals surface area (Å²) in [5, 5.41) is 11.1. The molecule has 2 aromatic heterocycles. The van der Waals surface area contributed by atoms with Crippen LogP contribution in [0.5, 0.6) is 0 Å². The van der Waals surface area contributed by atoms with Crippen LogP contribution in [0.1, 0.15) is 109 Å². The summed E-state index contributed by atoms with van der Waals surface area (Å²) in [6, 6.07) is 7.33. The van der Waals surface area contributed by atoms with Crippen LogP contribution < -0.4 is 11.1 Å². The number of anilines is 1. The molecule has 0 aliphatic heterocycles. The largest absolute Gasteiger partial charge is 0.369 e. The van der Waals surface area contributed by atoms with E-state index in [-0.39, 0.29) is 5.91 Å². The molecule has 0 unspecified atom stereocenters. The van der Waals surface area contributed by atoms with Crippen molar-refractivity contribution in [2.45, 2.75) is 111 Å². The minimum absolute atomic E-state index is 0.321. The van der Waals surface area contributed by atoms with Gasteiger partial charge < -0.3 is 11.1 Å². The van der Waals surface area contributed by atoms with Gasteiger partial charge in [-0.2, -0.15) is 4.63 Å². The van der Waals surface area contributed by atoms with E-state index in [9.17, 15) is 9.59 Å². The van der Waals surface area contributed by atoms with Crippen molar-refractivity contribution in [3.8, 4) is 11.4 Å². The number of rotatable bonds is 18. The first kappa shape index (κ1) is 30.7. The van der Waals surface area contributed by atoms with Crippen molar-refractivity contribution < 1.29 is 9.59 Å². The molecule has 39 heavy (non-hydrogen) atoms. The molecule has 1 aromatic carbocycles. The molecule has 2 heterocycles. The van der Waals surface area contributed by atoms with Gasteiger partial charge in [0.05, 0.1) is 5.69 Å². The molecule has 9 heteroatoms. The van der Waals surface area contributed by atoms with Gasteiger partial charge in [-0.05, 0) is 31.9 Å². The highest BCUT2D eigenvalue weighted by molar-refractivity contribution is 6.34. The lowest BCUT2D eigenvalue weighted by atomic mass is 9.76. The Balaban J connectivity index is 1.75. The van der Waals surface area contributed by atoms with Crippen molar-refractivity contribution in [1.82, 2.24) is 19.8 Å². The van der Waals surface area contributed by atoms with E-state index < -0.39 is 11.3 Å². The Morgan fingerprint density at radius 3 is 2.13 bits per heavy atom. The number of unbranched alkanes of at least 4 members (excludes halogenated alkanes) is 10. The Morgan fingerprint density at radius 2 is 1.56 bits per heavy atom. The molecule has 0 spiro atoms. The zero-order valence-electron chi connectivity index (χ0n) is 23.8. The summed E-state index contributed by atoms with van der Waals surface area (Å²) >= 11 is 6.32. The Bertz CT molecular complexity index is 1200. The van der Waals surface area contributed by atoms with Gasteiger partial charge >= 0.3 is 0 Å². The third-order valence-corrected chi connectivity index (χ3v) is 8.06. The maximum Gasteiger partial charge on any atom is 0.240 e. The van der Waals surface area contributed by atoms with E-state index in [2.05, 4.69) is 34.3 Å². The summed E-state index contributed by atoms with van der Waals surface area (Å²) in [6.07, 6.45) is 13.9. The van der Waals surface area contributed by atoms with E-state index in [1.54, 1.807) is 0 Å². The first-order valence-corrected chi connectivity index (χ1v) is 15.0. The maximum absolute atomic E-state index is 13.8. The van der Waals surface area contributed by atoms with Crippen LogP contribution in [0.4, 0.5) is 5.69 Å². The first-order valence-electron chi connectivity index (χ1n) is 14.6. The van der Waals surface area contributed by atoms with Crippen LogP contribution in [0.25, 0.3) is 17.0 Å². The summed E-state index contributed by atoms with van der Waals surface area (Å²) in [5.41, 5.74) is 7.41. The minimum Gasteiger partial charge on any atom is -0.369 e. The number of primary amides is 1. The zero-order valence-corrected chi connectivity index (χ0v) is 24.6. The first-order chi connectivity index (χ1) is 18.8. The number of hydrogen-bond acceptors (Lipinski definition) is 4. The van der Waals surface area contributed by atoms with Crippen LogP contribution in [0.2, 0.25) is 5.02 Å². The van der Waals surface area contributed by atoms with Crippen molar-refractivity contribution in [3.05, 3.63) is 35.0 Å². The topological polar surface area (TPSA) is 118 Å². The molecule has 8 nitrogen and oxygen atoms in total. The normalized spacial score (nSPS) is 11.8. The Morgan fingerprint density at radius 1 is 0.974 bits per heavy atom. The van der Waals surface area contributed by atoms with E-state index in [0.29, 0.717) is 35.0 Å².